The lowest BCUT2D eigenvalue weighted by Gasteiger charge is -2.12. The van der Waals surface area contributed by atoms with Crippen LogP contribution < -0.4 is 9.44 Å². The molecule has 0 fully saturated rings. The minimum absolute atomic E-state index is 0.0365. The number of halogens is 2. The molecular weight excluding hydrogens is 501 g/mol. The predicted molar refractivity (Wildman–Crippen MR) is 122 cm³/mol. The molecule has 9 nitrogen and oxygen atoms in total. The first-order chi connectivity index (χ1) is 14.9. The number of hydrogen-bond acceptors (Lipinski definition) is 6. The molecule has 0 radical (unpaired) electrons. The van der Waals surface area contributed by atoms with Gasteiger partial charge in [-0.25, -0.2) is 16.8 Å². The van der Waals surface area contributed by atoms with E-state index in [0.29, 0.717) is 5.56 Å². The van der Waals surface area contributed by atoms with Crippen LogP contribution in [0.4, 0.5) is 17.1 Å². The average Bonchev–Trinajstić information content (AvgIpc) is 2.71. The van der Waals surface area contributed by atoms with Crippen molar-refractivity contribution in [3.05, 3.63) is 86.4 Å². The summed E-state index contributed by atoms with van der Waals surface area (Å²) in [6.07, 6.45) is 0. The maximum Gasteiger partial charge on any atom is 0.270 e. The maximum atomic E-state index is 12.7. The van der Waals surface area contributed by atoms with E-state index in [1.807, 2.05) is 0 Å². The summed E-state index contributed by atoms with van der Waals surface area (Å²) in [7, 11) is -8.19. The molecule has 0 aliphatic heterocycles. The summed E-state index contributed by atoms with van der Waals surface area (Å²) >= 11 is 11.9. The first-order valence-electron chi connectivity index (χ1n) is 8.75. The number of anilines is 2. The molecule has 0 spiro atoms. The standard InChI is InChI=1S/C19H15Cl2N3O6S2/c1-12-5-8-14(24(25)26)11-18(12)32(29,30)22-13-6-9-15(10-7-13)31(27,28)23-17-4-2-3-16(20)19(17)21/h2-11,22-23H,1H3. The van der Waals surface area contributed by atoms with Crippen molar-refractivity contribution in [1.82, 2.24) is 0 Å². The van der Waals surface area contributed by atoms with Crippen molar-refractivity contribution < 1.29 is 21.8 Å². The minimum Gasteiger partial charge on any atom is -0.280 e. The lowest BCUT2D eigenvalue weighted by molar-refractivity contribution is -0.385. The second-order valence-corrected chi connectivity index (χ2v) is 10.7. The normalized spacial score (nSPS) is 11.7. The Hall–Kier alpha value is -2.86. The van der Waals surface area contributed by atoms with Crippen LogP contribution in [0.2, 0.25) is 10.0 Å². The topological polar surface area (TPSA) is 135 Å². The number of hydrogen-bond donors (Lipinski definition) is 2. The Balaban J connectivity index is 1.85. The molecule has 32 heavy (non-hydrogen) atoms. The van der Waals surface area contributed by atoms with Gasteiger partial charge in [0.2, 0.25) is 0 Å². The van der Waals surface area contributed by atoms with Gasteiger partial charge >= 0.3 is 0 Å². The van der Waals surface area contributed by atoms with Crippen molar-refractivity contribution in [2.24, 2.45) is 0 Å². The Morgan fingerprint density at radius 2 is 1.53 bits per heavy atom. The van der Waals surface area contributed by atoms with Gasteiger partial charge in [-0.05, 0) is 48.9 Å². The number of non-ortho nitro benzene ring substituents is 1. The maximum absolute atomic E-state index is 12.7. The Labute approximate surface area is 194 Å². The third-order valence-electron chi connectivity index (χ3n) is 4.28. The van der Waals surface area contributed by atoms with Crippen LogP contribution in [0.15, 0.2) is 70.5 Å². The number of nitrogens with zero attached hydrogens (tertiary/aromatic N) is 1. The average molecular weight is 516 g/mol. The Bertz CT molecular complexity index is 1410. The number of nitro benzene ring substituents is 1. The summed E-state index contributed by atoms with van der Waals surface area (Å²) in [4.78, 5) is 9.85. The number of nitrogens with one attached hydrogen (secondary N) is 2. The molecule has 0 saturated carbocycles. The number of aryl methyl sites for hydroxylation is 1. The second-order valence-electron chi connectivity index (χ2n) is 6.54. The van der Waals surface area contributed by atoms with E-state index in [1.165, 1.54) is 61.5 Å². The third-order valence-corrected chi connectivity index (χ3v) is 8.01. The van der Waals surface area contributed by atoms with Gasteiger partial charge in [0.15, 0.2) is 0 Å². The predicted octanol–water partition coefficient (Wildman–Crippen LogP) is 4.81. The van der Waals surface area contributed by atoms with Gasteiger partial charge in [-0.15, -0.1) is 0 Å². The molecule has 0 aliphatic rings. The Kier molecular flexibility index (Phi) is 6.65. The number of benzene rings is 3. The fourth-order valence-corrected chi connectivity index (χ4v) is 5.49. The second kappa shape index (κ2) is 8.94. The van der Waals surface area contributed by atoms with Crippen LogP contribution in [-0.2, 0) is 20.0 Å². The molecule has 0 aliphatic carbocycles. The number of sulfonamides is 2. The summed E-state index contributed by atoms with van der Waals surface area (Å²) in [5.41, 5.74) is 0.0915. The van der Waals surface area contributed by atoms with Crippen LogP contribution in [0.3, 0.4) is 0 Å². The molecule has 168 valence electrons. The van der Waals surface area contributed by atoms with E-state index in [0.717, 1.165) is 6.07 Å². The highest BCUT2D eigenvalue weighted by atomic mass is 35.5. The highest BCUT2D eigenvalue weighted by Gasteiger charge is 2.22. The summed E-state index contributed by atoms with van der Waals surface area (Å²) in [6, 6.07) is 12.8. The van der Waals surface area contributed by atoms with Crippen LogP contribution in [0.5, 0.6) is 0 Å². The van der Waals surface area contributed by atoms with Crippen molar-refractivity contribution in [1.29, 1.82) is 0 Å². The van der Waals surface area contributed by atoms with Crippen molar-refractivity contribution in [3.8, 4) is 0 Å². The van der Waals surface area contributed by atoms with Gasteiger partial charge < -0.3 is 0 Å². The molecule has 2 N–H and O–H groups in total. The van der Waals surface area contributed by atoms with Gasteiger partial charge in [-0.2, -0.15) is 0 Å². The van der Waals surface area contributed by atoms with Crippen LogP contribution in [0.25, 0.3) is 0 Å². The number of rotatable bonds is 7. The fraction of sp³-hybridized carbons (Fsp3) is 0.0526. The quantitative estimate of drug-likeness (QED) is 0.342. The van der Waals surface area contributed by atoms with E-state index >= 15 is 0 Å². The molecule has 0 aromatic heterocycles. The molecule has 0 unspecified atom stereocenters. The van der Waals surface area contributed by atoms with Crippen molar-refractivity contribution in [2.75, 3.05) is 9.44 Å². The fourth-order valence-electron chi connectivity index (χ4n) is 2.69. The van der Waals surface area contributed by atoms with E-state index in [4.69, 9.17) is 23.2 Å². The van der Waals surface area contributed by atoms with Crippen molar-refractivity contribution >= 4 is 60.3 Å². The van der Waals surface area contributed by atoms with Gasteiger partial charge in [0.05, 0.1) is 30.4 Å². The van der Waals surface area contributed by atoms with Gasteiger partial charge in [0.25, 0.3) is 25.7 Å². The lowest BCUT2D eigenvalue weighted by atomic mass is 10.2. The highest BCUT2D eigenvalue weighted by Crippen LogP contribution is 2.31. The van der Waals surface area contributed by atoms with Crippen LogP contribution in [0, 0.1) is 17.0 Å². The zero-order chi connectivity index (χ0) is 23.7. The molecule has 13 heteroatoms. The lowest BCUT2D eigenvalue weighted by Crippen LogP contribution is -2.15. The molecule has 0 amide bonds. The molecule has 0 heterocycles. The Morgan fingerprint density at radius 3 is 2.16 bits per heavy atom. The van der Waals surface area contributed by atoms with Crippen LogP contribution in [0.1, 0.15) is 5.56 Å². The van der Waals surface area contributed by atoms with Gasteiger partial charge in [-0.1, -0.05) is 35.3 Å². The molecule has 3 aromatic carbocycles. The SMILES string of the molecule is Cc1ccc([N+](=O)[O-])cc1S(=O)(=O)Nc1ccc(S(=O)(=O)Nc2cccc(Cl)c2Cl)cc1. The van der Waals surface area contributed by atoms with E-state index in [9.17, 15) is 26.9 Å². The van der Waals surface area contributed by atoms with Crippen molar-refractivity contribution in [2.45, 2.75) is 16.7 Å². The highest BCUT2D eigenvalue weighted by molar-refractivity contribution is 7.93. The van der Waals surface area contributed by atoms with Crippen LogP contribution in [-0.4, -0.2) is 21.8 Å². The van der Waals surface area contributed by atoms with E-state index in [1.54, 1.807) is 0 Å². The van der Waals surface area contributed by atoms with E-state index < -0.39 is 25.0 Å². The summed E-state index contributed by atoms with van der Waals surface area (Å²) in [5, 5.41) is 11.2. The zero-order valence-electron chi connectivity index (χ0n) is 16.2. The summed E-state index contributed by atoms with van der Waals surface area (Å²) < 4.78 is 55.2. The third kappa shape index (κ3) is 5.13. The first-order valence-corrected chi connectivity index (χ1v) is 12.5. The molecule has 0 atom stereocenters. The molecule has 0 saturated heterocycles. The largest absolute Gasteiger partial charge is 0.280 e. The van der Waals surface area contributed by atoms with Gasteiger partial charge in [0, 0.05) is 17.8 Å². The van der Waals surface area contributed by atoms with Gasteiger partial charge in [-0.3, -0.25) is 19.6 Å². The van der Waals surface area contributed by atoms with E-state index in [2.05, 4.69) is 9.44 Å². The molecule has 0 bridgehead atoms. The monoisotopic (exact) mass is 515 g/mol. The smallest absolute Gasteiger partial charge is 0.270 e. The van der Waals surface area contributed by atoms with Crippen molar-refractivity contribution in [3.63, 3.8) is 0 Å². The molecule has 3 rings (SSSR count). The molecule has 3 aromatic rings. The number of nitro groups is 1. The first kappa shape index (κ1) is 23.8. The Morgan fingerprint density at radius 1 is 0.875 bits per heavy atom. The summed E-state index contributed by atoms with van der Waals surface area (Å²) in [5.74, 6) is 0. The zero-order valence-corrected chi connectivity index (χ0v) is 19.4. The van der Waals surface area contributed by atoms with Gasteiger partial charge in [0.1, 0.15) is 0 Å². The van der Waals surface area contributed by atoms with Crippen LogP contribution >= 0.6 is 23.2 Å². The molecular formula is C19H15Cl2N3O6S2. The van der Waals surface area contributed by atoms with E-state index in [-0.39, 0.29) is 36.9 Å². The summed E-state index contributed by atoms with van der Waals surface area (Å²) in [6.45, 7) is 1.50. The minimum atomic E-state index is -4.16.